The fourth-order valence-corrected chi connectivity index (χ4v) is 4.95. The monoisotopic (exact) mass is 511 g/mol. The van der Waals surface area contributed by atoms with Gasteiger partial charge in [0.25, 0.3) is 0 Å². The van der Waals surface area contributed by atoms with Crippen molar-refractivity contribution in [1.82, 2.24) is 4.57 Å². The number of amides is 1. The van der Waals surface area contributed by atoms with Crippen LogP contribution in [0.25, 0.3) is 10.9 Å². The summed E-state index contributed by atoms with van der Waals surface area (Å²) in [4.78, 5) is 17.3. The molecule has 196 valence electrons. The zero-order chi connectivity index (χ0) is 26.6. The van der Waals surface area contributed by atoms with Gasteiger partial charge in [-0.05, 0) is 54.8 Å². The number of benzene rings is 2. The molecule has 1 aliphatic carbocycles. The molecule has 2 aromatic carbocycles. The molecule has 9 heteroatoms. The Bertz CT molecular complexity index is 1390. The minimum atomic E-state index is -3.70. The molecular weight excluding hydrogens is 480 g/mol. The molecule has 0 radical (unpaired) electrons. The normalized spacial score (nSPS) is 18.4. The van der Waals surface area contributed by atoms with E-state index in [2.05, 4.69) is 51.2 Å². The Hall–Kier alpha value is -3.46. The second-order valence-electron chi connectivity index (χ2n) is 10.9. The summed E-state index contributed by atoms with van der Waals surface area (Å²) in [7, 11) is 1.69. The number of nitrogens with zero attached hydrogens (tertiary/aromatic N) is 2. The Kier molecular flexibility index (Phi) is 6.02. The van der Waals surface area contributed by atoms with Crippen molar-refractivity contribution >= 4 is 28.7 Å². The number of aliphatic hydroxyl groups is 1. The molecule has 2 aliphatic rings. The molecule has 2 N–H and O–H groups in total. The second-order valence-corrected chi connectivity index (χ2v) is 10.9. The van der Waals surface area contributed by atoms with Crippen molar-refractivity contribution < 1.29 is 28.2 Å². The van der Waals surface area contributed by atoms with E-state index in [9.17, 15) is 18.7 Å². The Balaban J connectivity index is 1.40. The quantitative estimate of drug-likeness (QED) is 0.417. The maximum absolute atomic E-state index is 13.4. The third-order valence-electron chi connectivity index (χ3n) is 7.02. The number of halogens is 2. The summed E-state index contributed by atoms with van der Waals surface area (Å²) in [6.07, 6.45) is -0.872. The molecule has 0 spiro atoms. The van der Waals surface area contributed by atoms with Crippen molar-refractivity contribution in [2.75, 3.05) is 12.4 Å². The maximum atomic E-state index is 13.4. The van der Waals surface area contributed by atoms with E-state index in [-0.39, 0.29) is 22.8 Å². The van der Waals surface area contributed by atoms with Crippen LogP contribution in [-0.2, 0) is 22.2 Å². The van der Waals surface area contributed by atoms with E-state index in [0.29, 0.717) is 37.1 Å². The predicted molar refractivity (Wildman–Crippen MR) is 138 cm³/mol. The molecule has 1 aromatic heterocycles. The minimum absolute atomic E-state index is 0.0401. The standard InChI is InChI=1S/C28H31F2N3O4/c1-26(2,3)24-14-17-13-19(6-7-21(17)33(24)16-20(34)9-12-31-4)32-25(35)27(10-11-27)18-5-8-22-23(15-18)37-28(29,30)36-22/h5-8,12-15,20,34H,9-11,16H2,1-4H3,(H,32,35)/b31-12+. The van der Waals surface area contributed by atoms with Gasteiger partial charge in [-0.25, -0.2) is 0 Å². The highest BCUT2D eigenvalue weighted by Crippen LogP contribution is 2.52. The average Bonchev–Trinajstić information content (AvgIpc) is 3.46. The number of rotatable bonds is 7. The molecule has 37 heavy (non-hydrogen) atoms. The first-order chi connectivity index (χ1) is 17.4. The third-order valence-corrected chi connectivity index (χ3v) is 7.02. The summed E-state index contributed by atoms with van der Waals surface area (Å²) >= 11 is 0. The third kappa shape index (κ3) is 4.80. The van der Waals surface area contributed by atoms with Gasteiger partial charge >= 0.3 is 6.29 Å². The highest BCUT2D eigenvalue weighted by Gasteiger charge is 2.52. The lowest BCUT2D eigenvalue weighted by atomic mass is 9.92. The van der Waals surface area contributed by atoms with Gasteiger partial charge in [-0.2, -0.15) is 0 Å². The van der Waals surface area contributed by atoms with Gasteiger partial charge in [-0.3, -0.25) is 4.79 Å². The summed E-state index contributed by atoms with van der Waals surface area (Å²) in [6.45, 7) is 6.80. The van der Waals surface area contributed by atoms with Crippen LogP contribution in [0.2, 0.25) is 0 Å². The molecule has 1 amide bonds. The Morgan fingerprint density at radius 1 is 1.16 bits per heavy atom. The van der Waals surface area contributed by atoms with E-state index in [4.69, 9.17) is 0 Å². The number of carbonyl (C=O) groups is 1. The zero-order valence-electron chi connectivity index (χ0n) is 21.3. The van der Waals surface area contributed by atoms with Gasteiger partial charge in [0.1, 0.15) is 0 Å². The largest absolute Gasteiger partial charge is 0.586 e. The first-order valence-electron chi connectivity index (χ1n) is 12.4. The SMILES string of the molecule is C/N=C/CC(O)Cn1c(C(C)(C)C)cc2cc(NC(=O)C3(c4ccc5c(c4)OC(F)(F)O5)CC3)ccc21. The van der Waals surface area contributed by atoms with E-state index in [1.54, 1.807) is 19.3 Å². The Labute approximate surface area is 214 Å². The molecule has 1 aliphatic heterocycles. The molecule has 1 unspecified atom stereocenters. The number of alkyl halides is 2. The van der Waals surface area contributed by atoms with Crippen LogP contribution in [0.15, 0.2) is 47.5 Å². The molecule has 0 saturated heterocycles. The Morgan fingerprint density at radius 3 is 2.57 bits per heavy atom. The van der Waals surface area contributed by atoms with E-state index in [1.165, 1.54) is 12.1 Å². The number of fused-ring (bicyclic) bond motifs is 2. The average molecular weight is 512 g/mol. The lowest BCUT2D eigenvalue weighted by Crippen LogP contribution is -2.28. The second kappa shape index (κ2) is 8.83. The van der Waals surface area contributed by atoms with Crippen molar-refractivity contribution in [3.8, 4) is 11.5 Å². The number of aromatic nitrogens is 1. The van der Waals surface area contributed by atoms with Crippen LogP contribution < -0.4 is 14.8 Å². The van der Waals surface area contributed by atoms with Crippen LogP contribution in [0.5, 0.6) is 11.5 Å². The van der Waals surface area contributed by atoms with E-state index in [0.717, 1.165) is 16.6 Å². The number of carbonyl (C=O) groups excluding carboxylic acids is 1. The zero-order valence-corrected chi connectivity index (χ0v) is 21.3. The summed E-state index contributed by atoms with van der Waals surface area (Å²) in [6, 6.07) is 12.3. The van der Waals surface area contributed by atoms with Crippen molar-refractivity contribution in [1.29, 1.82) is 0 Å². The van der Waals surface area contributed by atoms with Crippen LogP contribution in [0.4, 0.5) is 14.5 Å². The fourth-order valence-electron chi connectivity index (χ4n) is 4.95. The van der Waals surface area contributed by atoms with Gasteiger partial charge in [0, 0.05) is 53.9 Å². The summed E-state index contributed by atoms with van der Waals surface area (Å²) in [5, 5.41) is 14.5. The van der Waals surface area contributed by atoms with Crippen LogP contribution in [0.3, 0.4) is 0 Å². The first kappa shape index (κ1) is 25.2. The van der Waals surface area contributed by atoms with E-state index in [1.807, 2.05) is 18.2 Å². The molecule has 5 rings (SSSR count). The predicted octanol–water partition coefficient (Wildman–Crippen LogP) is 5.38. The highest BCUT2D eigenvalue weighted by atomic mass is 19.3. The highest BCUT2D eigenvalue weighted by molar-refractivity contribution is 6.02. The molecule has 1 fully saturated rings. The number of ether oxygens (including phenoxy) is 2. The van der Waals surface area contributed by atoms with Crippen molar-refractivity contribution in [2.24, 2.45) is 4.99 Å². The van der Waals surface area contributed by atoms with E-state index >= 15 is 0 Å². The Morgan fingerprint density at radius 2 is 1.89 bits per heavy atom. The topological polar surface area (TPSA) is 85.1 Å². The molecule has 0 bridgehead atoms. The van der Waals surface area contributed by atoms with Gasteiger partial charge in [0.15, 0.2) is 11.5 Å². The van der Waals surface area contributed by atoms with Gasteiger partial charge in [0.2, 0.25) is 5.91 Å². The first-order valence-corrected chi connectivity index (χ1v) is 12.4. The molecule has 2 heterocycles. The fraction of sp³-hybridized carbons (Fsp3) is 0.429. The van der Waals surface area contributed by atoms with Gasteiger partial charge in [0.05, 0.1) is 11.5 Å². The van der Waals surface area contributed by atoms with Gasteiger partial charge < -0.3 is 29.5 Å². The number of aliphatic imine (C=N–C) groups is 1. The summed E-state index contributed by atoms with van der Waals surface area (Å²) in [5.41, 5.74) is 2.36. The smallest absolute Gasteiger partial charge is 0.395 e. The van der Waals surface area contributed by atoms with E-state index < -0.39 is 17.8 Å². The minimum Gasteiger partial charge on any atom is -0.395 e. The lowest BCUT2D eigenvalue weighted by Gasteiger charge is -2.23. The number of hydrogen-bond donors (Lipinski definition) is 2. The van der Waals surface area contributed by atoms with Crippen molar-refractivity contribution in [3.63, 3.8) is 0 Å². The number of anilines is 1. The van der Waals surface area contributed by atoms with Crippen LogP contribution >= 0.6 is 0 Å². The van der Waals surface area contributed by atoms with Crippen LogP contribution in [-0.4, -0.2) is 41.2 Å². The molecule has 1 atom stereocenters. The number of aliphatic hydroxyl groups excluding tert-OH is 1. The molecular formula is C28H31F2N3O4. The van der Waals surface area contributed by atoms with Crippen LogP contribution in [0.1, 0.15) is 51.3 Å². The van der Waals surface area contributed by atoms with Gasteiger partial charge in [-0.1, -0.05) is 26.8 Å². The molecule has 3 aromatic rings. The van der Waals surface area contributed by atoms with Gasteiger partial charge in [-0.15, -0.1) is 8.78 Å². The lowest BCUT2D eigenvalue weighted by molar-refractivity contribution is -0.286. The van der Waals surface area contributed by atoms with Crippen LogP contribution in [0, 0.1) is 0 Å². The number of nitrogens with one attached hydrogen (secondary N) is 1. The molecule has 1 saturated carbocycles. The molecule has 7 nitrogen and oxygen atoms in total. The summed E-state index contributed by atoms with van der Waals surface area (Å²) in [5.74, 6) is -0.296. The van der Waals surface area contributed by atoms with Crippen molar-refractivity contribution in [3.05, 3.63) is 53.7 Å². The summed E-state index contributed by atoms with van der Waals surface area (Å²) < 4.78 is 38.1. The number of hydrogen-bond acceptors (Lipinski definition) is 5. The van der Waals surface area contributed by atoms with Crippen molar-refractivity contribution in [2.45, 2.75) is 69.8 Å². The maximum Gasteiger partial charge on any atom is 0.586 e.